The number of nitrogens with two attached hydrogens (primary N) is 1. The van der Waals surface area contributed by atoms with Gasteiger partial charge in [0.2, 0.25) is 5.91 Å². The van der Waals surface area contributed by atoms with Crippen LogP contribution in [-0.4, -0.2) is 23.6 Å². The molecule has 4 nitrogen and oxygen atoms in total. The number of hydrogen-bond donors (Lipinski definition) is 3. The summed E-state index contributed by atoms with van der Waals surface area (Å²) in [4.78, 5) is 11.0. The number of amides is 1. The van der Waals surface area contributed by atoms with Crippen LogP contribution in [0.3, 0.4) is 0 Å². The van der Waals surface area contributed by atoms with Crippen molar-refractivity contribution in [2.24, 2.45) is 5.73 Å². The third-order valence-electron chi connectivity index (χ3n) is 2.49. The van der Waals surface area contributed by atoms with Crippen LogP contribution < -0.4 is 11.1 Å². The Hall–Kier alpha value is -1.39. The van der Waals surface area contributed by atoms with Gasteiger partial charge in [0.15, 0.2) is 0 Å². The Morgan fingerprint density at radius 2 is 2.06 bits per heavy atom. The van der Waals surface area contributed by atoms with E-state index in [1.165, 1.54) is 0 Å². The number of hydrogen-bond acceptors (Lipinski definition) is 3. The Balaban J connectivity index is 2.46. The van der Waals surface area contributed by atoms with Crippen molar-refractivity contribution in [1.29, 1.82) is 0 Å². The minimum absolute atomic E-state index is 0.325. The summed E-state index contributed by atoms with van der Waals surface area (Å²) >= 11 is 0. The molecule has 1 aromatic carbocycles. The van der Waals surface area contributed by atoms with E-state index < -0.39 is 6.10 Å². The van der Waals surface area contributed by atoms with Crippen LogP contribution in [0.5, 0.6) is 0 Å². The van der Waals surface area contributed by atoms with E-state index in [1.807, 2.05) is 37.3 Å². The van der Waals surface area contributed by atoms with E-state index in [4.69, 9.17) is 5.73 Å². The quantitative estimate of drug-likeness (QED) is 0.659. The van der Waals surface area contributed by atoms with Crippen LogP contribution in [0.4, 0.5) is 0 Å². The number of aliphatic hydroxyl groups excluding tert-OH is 1. The van der Waals surface area contributed by atoms with Gasteiger partial charge in [-0.1, -0.05) is 37.3 Å². The number of benzene rings is 1. The maximum absolute atomic E-state index is 11.0. The van der Waals surface area contributed by atoms with Gasteiger partial charge >= 0.3 is 0 Å². The van der Waals surface area contributed by atoms with Gasteiger partial charge in [-0.05, 0) is 12.0 Å². The number of carbonyl (C=O) groups excluding carboxylic acids is 1. The smallest absolute Gasteiger partial charge is 0.234 e. The maximum Gasteiger partial charge on any atom is 0.234 e. The standard InChI is InChI=1S/C12H18N2O2/c1-2-10(12(13)16)14-8-11(15)9-6-4-3-5-7-9/h3-7,10-11,14-15H,2,8H2,1H3,(H2,13,16). The van der Waals surface area contributed by atoms with Crippen molar-refractivity contribution < 1.29 is 9.90 Å². The highest BCUT2D eigenvalue weighted by Gasteiger charge is 2.14. The second-order valence-electron chi connectivity index (χ2n) is 3.70. The molecule has 0 heterocycles. The monoisotopic (exact) mass is 222 g/mol. The van der Waals surface area contributed by atoms with Gasteiger partial charge in [-0.15, -0.1) is 0 Å². The molecular formula is C12H18N2O2. The van der Waals surface area contributed by atoms with E-state index in [-0.39, 0.29) is 11.9 Å². The predicted molar refractivity (Wildman–Crippen MR) is 62.7 cm³/mol. The van der Waals surface area contributed by atoms with Crippen LogP contribution >= 0.6 is 0 Å². The van der Waals surface area contributed by atoms with Gasteiger partial charge in [0.25, 0.3) is 0 Å². The van der Waals surface area contributed by atoms with Crippen LogP contribution in [0.1, 0.15) is 25.0 Å². The third-order valence-corrected chi connectivity index (χ3v) is 2.49. The SMILES string of the molecule is CCC(NCC(O)c1ccccc1)C(N)=O. The van der Waals surface area contributed by atoms with E-state index in [2.05, 4.69) is 5.32 Å². The molecule has 1 rings (SSSR count). The molecule has 1 aromatic rings. The zero-order valence-corrected chi connectivity index (χ0v) is 9.39. The Kier molecular flexibility index (Phi) is 4.95. The van der Waals surface area contributed by atoms with Crippen LogP contribution in [0, 0.1) is 0 Å². The highest BCUT2D eigenvalue weighted by molar-refractivity contribution is 5.79. The summed E-state index contributed by atoms with van der Waals surface area (Å²) in [6.07, 6.45) is 0.00576. The number of primary amides is 1. The molecule has 88 valence electrons. The van der Waals surface area contributed by atoms with Crippen molar-refractivity contribution >= 4 is 5.91 Å². The Morgan fingerprint density at radius 3 is 2.56 bits per heavy atom. The lowest BCUT2D eigenvalue weighted by Crippen LogP contribution is -2.42. The predicted octanol–water partition coefficient (Wildman–Crippen LogP) is 0.574. The van der Waals surface area contributed by atoms with Crippen LogP contribution in [0.25, 0.3) is 0 Å². The van der Waals surface area contributed by atoms with Crippen LogP contribution in [-0.2, 0) is 4.79 Å². The Morgan fingerprint density at radius 1 is 1.44 bits per heavy atom. The molecule has 2 atom stereocenters. The second kappa shape index (κ2) is 6.25. The van der Waals surface area contributed by atoms with Crippen molar-refractivity contribution in [2.75, 3.05) is 6.54 Å². The number of nitrogens with one attached hydrogen (secondary N) is 1. The largest absolute Gasteiger partial charge is 0.387 e. The lowest BCUT2D eigenvalue weighted by atomic mass is 10.1. The van der Waals surface area contributed by atoms with Gasteiger partial charge in [-0.2, -0.15) is 0 Å². The average Bonchev–Trinajstić information content (AvgIpc) is 2.30. The van der Waals surface area contributed by atoms with Crippen LogP contribution in [0.2, 0.25) is 0 Å². The van der Waals surface area contributed by atoms with Gasteiger partial charge in [0.05, 0.1) is 12.1 Å². The fraction of sp³-hybridized carbons (Fsp3) is 0.417. The van der Waals surface area contributed by atoms with E-state index in [0.29, 0.717) is 13.0 Å². The number of rotatable bonds is 6. The minimum atomic E-state index is -0.616. The molecule has 0 saturated heterocycles. The van der Waals surface area contributed by atoms with E-state index in [9.17, 15) is 9.90 Å². The fourth-order valence-corrected chi connectivity index (χ4v) is 1.49. The summed E-state index contributed by atoms with van der Waals surface area (Å²) in [6, 6.07) is 8.93. The zero-order chi connectivity index (χ0) is 12.0. The normalized spacial score (nSPS) is 14.4. The lowest BCUT2D eigenvalue weighted by molar-refractivity contribution is -0.120. The molecule has 0 fully saturated rings. The van der Waals surface area contributed by atoms with Crippen molar-refractivity contribution in [3.63, 3.8) is 0 Å². The van der Waals surface area contributed by atoms with Gasteiger partial charge in [-0.3, -0.25) is 4.79 Å². The van der Waals surface area contributed by atoms with Gasteiger partial charge in [0, 0.05) is 6.54 Å². The van der Waals surface area contributed by atoms with Crippen molar-refractivity contribution in [3.05, 3.63) is 35.9 Å². The molecule has 0 bridgehead atoms. The van der Waals surface area contributed by atoms with Gasteiger partial charge in [-0.25, -0.2) is 0 Å². The first-order chi connectivity index (χ1) is 7.65. The molecule has 0 aliphatic rings. The highest BCUT2D eigenvalue weighted by atomic mass is 16.3. The molecule has 0 aliphatic heterocycles. The van der Waals surface area contributed by atoms with Crippen molar-refractivity contribution in [1.82, 2.24) is 5.32 Å². The summed E-state index contributed by atoms with van der Waals surface area (Å²) < 4.78 is 0. The van der Waals surface area contributed by atoms with Gasteiger partial charge < -0.3 is 16.2 Å². The minimum Gasteiger partial charge on any atom is -0.387 e. The zero-order valence-electron chi connectivity index (χ0n) is 9.39. The Labute approximate surface area is 95.5 Å². The molecule has 4 N–H and O–H groups in total. The summed E-state index contributed by atoms with van der Waals surface area (Å²) in [5.41, 5.74) is 6.02. The summed E-state index contributed by atoms with van der Waals surface area (Å²) in [5.74, 6) is -0.386. The first-order valence-electron chi connectivity index (χ1n) is 5.40. The maximum atomic E-state index is 11.0. The van der Waals surface area contributed by atoms with E-state index in [0.717, 1.165) is 5.56 Å². The van der Waals surface area contributed by atoms with Gasteiger partial charge in [0.1, 0.15) is 0 Å². The molecule has 0 spiro atoms. The molecule has 0 aliphatic carbocycles. The highest BCUT2D eigenvalue weighted by Crippen LogP contribution is 2.10. The first kappa shape index (κ1) is 12.7. The Bertz CT molecular complexity index is 327. The first-order valence-corrected chi connectivity index (χ1v) is 5.40. The average molecular weight is 222 g/mol. The lowest BCUT2D eigenvalue weighted by Gasteiger charge is -2.16. The molecule has 1 amide bonds. The summed E-state index contributed by atoms with van der Waals surface area (Å²) in [5, 5.41) is 12.8. The van der Waals surface area contributed by atoms with Crippen molar-refractivity contribution in [2.45, 2.75) is 25.5 Å². The molecule has 0 radical (unpaired) electrons. The van der Waals surface area contributed by atoms with Crippen LogP contribution in [0.15, 0.2) is 30.3 Å². The molecular weight excluding hydrogens is 204 g/mol. The molecule has 0 aromatic heterocycles. The topological polar surface area (TPSA) is 75.3 Å². The molecule has 0 saturated carbocycles. The number of aliphatic hydroxyl groups is 1. The number of carbonyl (C=O) groups is 1. The molecule has 2 unspecified atom stereocenters. The third kappa shape index (κ3) is 3.64. The van der Waals surface area contributed by atoms with Crippen molar-refractivity contribution in [3.8, 4) is 0 Å². The summed E-state index contributed by atoms with van der Waals surface area (Å²) in [6.45, 7) is 2.20. The molecule has 16 heavy (non-hydrogen) atoms. The molecule has 4 heteroatoms. The fourth-order valence-electron chi connectivity index (χ4n) is 1.49. The second-order valence-corrected chi connectivity index (χ2v) is 3.70. The summed E-state index contributed by atoms with van der Waals surface area (Å²) in [7, 11) is 0. The van der Waals surface area contributed by atoms with E-state index in [1.54, 1.807) is 0 Å². The van der Waals surface area contributed by atoms with E-state index >= 15 is 0 Å².